The highest BCUT2D eigenvalue weighted by Gasteiger charge is 2.20. The molecule has 0 fully saturated rings. The molecule has 0 saturated heterocycles. The van der Waals surface area contributed by atoms with E-state index < -0.39 is 18.2 Å². The molecule has 132 valence electrons. The smallest absolute Gasteiger partial charge is 0.341 e. The Hall–Kier alpha value is -2.62. The molecule has 25 heavy (non-hydrogen) atoms. The van der Waals surface area contributed by atoms with Crippen LogP contribution in [0.1, 0.15) is 58.0 Å². The maximum atomic E-state index is 12.3. The van der Waals surface area contributed by atoms with Crippen molar-refractivity contribution in [1.29, 1.82) is 0 Å². The fourth-order valence-corrected chi connectivity index (χ4v) is 2.43. The minimum absolute atomic E-state index is 0.452. The summed E-state index contributed by atoms with van der Waals surface area (Å²) in [6.07, 6.45) is 1.31. The second-order valence-corrected chi connectivity index (χ2v) is 6.12. The summed E-state index contributed by atoms with van der Waals surface area (Å²) in [5.41, 5.74) is 2.84. The van der Waals surface area contributed by atoms with Crippen LogP contribution in [0.5, 0.6) is 0 Å². The summed E-state index contributed by atoms with van der Waals surface area (Å²) < 4.78 is 10.9. The van der Waals surface area contributed by atoms with Gasteiger partial charge in [-0.25, -0.2) is 9.59 Å². The maximum absolute atomic E-state index is 12.3. The topological polar surface area (TPSA) is 52.6 Å². The number of carbonyl (C=O) groups excluding carboxylic acids is 2. The van der Waals surface area contributed by atoms with Gasteiger partial charge >= 0.3 is 11.9 Å². The fraction of sp³-hybridized carbons (Fsp3) is 0.333. The van der Waals surface area contributed by atoms with Gasteiger partial charge in [-0.2, -0.15) is 0 Å². The first-order valence-corrected chi connectivity index (χ1v) is 8.55. The van der Waals surface area contributed by atoms with Crippen LogP contribution in [-0.2, 0) is 9.47 Å². The molecule has 0 aliphatic carbocycles. The standard InChI is InChI=1S/C21H24O4/c1-4-5-12-19(24-20(22)17-10-6-8-15(2)13-17)25-21(23)18-11-7-9-16(3)14-18/h6-11,13-14,19H,4-5,12H2,1-3H3. The van der Waals surface area contributed by atoms with Crippen LogP contribution in [0.25, 0.3) is 0 Å². The average Bonchev–Trinajstić information content (AvgIpc) is 2.59. The van der Waals surface area contributed by atoms with E-state index in [9.17, 15) is 9.59 Å². The van der Waals surface area contributed by atoms with E-state index in [2.05, 4.69) is 0 Å². The minimum atomic E-state index is -0.888. The Bertz CT molecular complexity index is 677. The highest BCUT2D eigenvalue weighted by molar-refractivity contribution is 5.91. The third-order valence-electron chi connectivity index (χ3n) is 3.78. The lowest BCUT2D eigenvalue weighted by Crippen LogP contribution is -2.25. The molecule has 2 aromatic carbocycles. The molecule has 0 unspecified atom stereocenters. The van der Waals surface area contributed by atoms with Gasteiger partial charge in [0, 0.05) is 6.42 Å². The third-order valence-corrected chi connectivity index (χ3v) is 3.78. The van der Waals surface area contributed by atoms with Gasteiger partial charge in [0.2, 0.25) is 6.29 Å². The summed E-state index contributed by atoms with van der Waals surface area (Å²) in [6, 6.07) is 14.3. The van der Waals surface area contributed by atoms with Gasteiger partial charge in [-0.15, -0.1) is 0 Å². The molecule has 0 aromatic heterocycles. The number of ether oxygens (including phenoxy) is 2. The molecule has 2 rings (SSSR count). The molecule has 0 N–H and O–H groups in total. The summed E-state index contributed by atoms with van der Waals surface area (Å²) in [6.45, 7) is 5.84. The first-order chi connectivity index (χ1) is 12.0. The van der Waals surface area contributed by atoms with Crippen LogP contribution < -0.4 is 0 Å². The molecule has 0 aliphatic rings. The largest absolute Gasteiger partial charge is 0.422 e. The molecule has 4 heteroatoms. The quantitative estimate of drug-likeness (QED) is 0.535. The van der Waals surface area contributed by atoms with Crippen molar-refractivity contribution >= 4 is 11.9 Å². The Balaban J connectivity index is 2.07. The van der Waals surface area contributed by atoms with Crippen LogP contribution >= 0.6 is 0 Å². The number of carbonyl (C=O) groups is 2. The van der Waals surface area contributed by atoms with Crippen molar-refractivity contribution in [2.75, 3.05) is 0 Å². The minimum Gasteiger partial charge on any atom is -0.422 e. The van der Waals surface area contributed by atoms with Crippen molar-refractivity contribution in [3.05, 3.63) is 70.8 Å². The van der Waals surface area contributed by atoms with Crippen molar-refractivity contribution in [3.63, 3.8) is 0 Å². The van der Waals surface area contributed by atoms with Crippen molar-refractivity contribution in [1.82, 2.24) is 0 Å². The van der Waals surface area contributed by atoms with Crippen molar-refractivity contribution in [2.24, 2.45) is 0 Å². The van der Waals surface area contributed by atoms with Crippen LogP contribution in [0.2, 0.25) is 0 Å². The van der Waals surface area contributed by atoms with Crippen LogP contribution in [0.4, 0.5) is 0 Å². The van der Waals surface area contributed by atoms with Crippen LogP contribution in [0.15, 0.2) is 48.5 Å². The molecule has 0 heterocycles. The lowest BCUT2D eigenvalue weighted by molar-refractivity contribution is -0.0836. The summed E-state index contributed by atoms with van der Waals surface area (Å²) in [7, 11) is 0. The van der Waals surface area contributed by atoms with Gasteiger partial charge in [0.15, 0.2) is 0 Å². The molecule has 0 bridgehead atoms. The molecular formula is C21H24O4. The van der Waals surface area contributed by atoms with E-state index in [1.807, 2.05) is 32.9 Å². The SMILES string of the molecule is CCCCC(OC(=O)c1cccc(C)c1)OC(=O)c1cccc(C)c1. The zero-order valence-electron chi connectivity index (χ0n) is 15.0. The number of benzene rings is 2. The first-order valence-electron chi connectivity index (χ1n) is 8.55. The number of hydrogen-bond donors (Lipinski definition) is 0. The summed E-state index contributed by atoms with van der Waals surface area (Å²) in [5, 5.41) is 0. The number of rotatable bonds is 7. The Morgan fingerprint density at radius 3 is 1.76 bits per heavy atom. The Kier molecular flexibility index (Phi) is 6.75. The highest BCUT2D eigenvalue weighted by atomic mass is 16.7. The Labute approximate surface area is 148 Å². The Morgan fingerprint density at radius 1 is 0.880 bits per heavy atom. The van der Waals surface area contributed by atoms with Crippen LogP contribution in [-0.4, -0.2) is 18.2 Å². The van der Waals surface area contributed by atoms with Crippen molar-refractivity contribution < 1.29 is 19.1 Å². The van der Waals surface area contributed by atoms with E-state index in [0.717, 1.165) is 24.0 Å². The van der Waals surface area contributed by atoms with E-state index >= 15 is 0 Å². The van der Waals surface area contributed by atoms with Gasteiger partial charge in [-0.05, 0) is 44.5 Å². The number of esters is 2. The van der Waals surface area contributed by atoms with E-state index in [4.69, 9.17) is 9.47 Å². The molecule has 0 atom stereocenters. The van der Waals surface area contributed by atoms with Crippen LogP contribution in [0, 0.1) is 13.8 Å². The first kappa shape index (κ1) is 18.7. The van der Waals surface area contributed by atoms with Gasteiger partial charge in [0.05, 0.1) is 11.1 Å². The predicted octanol–water partition coefficient (Wildman–Crippen LogP) is 4.83. The average molecular weight is 340 g/mol. The van der Waals surface area contributed by atoms with Gasteiger partial charge in [0.1, 0.15) is 0 Å². The summed E-state index contributed by atoms with van der Waals surface area (Å²) in [4.78, 5) is 24.7. The lowest BCUT2D eigenvalue weighted by atomic mass is 10.1. The number of unbranched alkanes of at least 4 members (excludes halogenated alkanes) is 1. The highest BCUT2D eigenvalue weighted by Crippen LogP contribution is 2.15. The normalized spacial score (nSPS) is 10.6. The molecule has 4 nitrogen and oxygen atoms in total. The van der Waals surface area contributed by atoms with Gasteiger partial charge in [0.25, 0.3) is 0 Å². The zero-order chi connectivity index (χ0) is 18.2. The van der Waals surface area contributed by atoms with Gasteiger partial charge in [-0.1, -0.05) is 48.7 Å². The number of aryl methyl sites for hydroxylation is 2. The van der Waals surface area contributed by atoms with E-state index in [0.29, 0.717) is 17.5 Å². The molecule has 0 aliphatic heterocycles. The molecule has 2 aromatic rings. The molecular weight excluding hydrogens is 316 g/mol. The van der Waals surface area contributed by atoms with E-state index in [-0.39, 0.29) is 0 Å². The zero-order valence-corrected chi connectivity index (χ0v) is 15.0. The summed E-state index contributed by atoms with van der Waals surface area (Å²) >= 11 is 0. The fourth-order valence-electron chi connectivity index (χ4n) is 2.43. The third kappa shape index (κ3) is 5.75. The van der Waals surface area contributed by atoms with Crippen LogP contribution in [0.3, 0.4) is 0 Å². The maximum Gasteiger partial charge on any atom is 0.341 e. The van der Waals surface area contributed by atoms with Gasteiger partial charge < -0.3 is 9.47 Å². The predicted molar refractivity (Wildman–Crippen MR) is 96.5 cm³/mol. The molecule has 0 radical (unpaired) electrons. The van der Waals surface area contributed by atoms with Gasteiger partial charge in [-0.3, -0.25) is 0 Å². The molecule has 0 spiro atoms. The number of hydrogen-bond acceptors (Lipinski definition) is 4. The van der Waals surface area contributed by atoms with E-state index in [1.165, 1.54) is 0 Å². The lowest BCUT2D eigenvalue weighted by Gasteiger charge is -2.18. The Morgan fingerprint density at radius 2 is 1.36 bits per heavy atom. The monoisotopic (exact) mass is 340 g/mol. The van der Waals surface area contributed by atoms with Crippen molar-refractivity contribution in [3.8, 4) is 0 Å². The molecule has 0 amide bonds. The molecule has 0 saturated carbocycles. The van der Waals surface area contributed by atoms with E-state index in [1.54, 1.807) is 36.4 Å². The second-order valence-electron chi connectivity index (χ2n) is 6.12. The summed E-state index contributed by atoms with van der Waals surface area (Å²) in [5.74, 6) is -0.969. The second kappa shape index (κ2) is 9.02. The van der Waals surface area contributed by atoms with Crippen molar-refractivity contribution in [2.45, 2.75) is 46.3 Å².